The molecule has 1 aromatic carbocycles. The van der Waals surface area contributed by atoms with Crippen molar-refractivity contribution in [3.8, 4) is 11.8 Å². The molecule has 0 spiro atoms. The van der Waals surface area contributed by atoms with Crippen LogP contribution in [-0.2, 0) is 37.3 Å². The molecule has 2 aliphatic rings. The molecule has 0 saturated carbocycles. The van der Waals surface area contributed by atoms with Crippen molar-refractivity contribution in [1.29, 1.82) is 5.26 Å². The number of fused-ring (bicyclic) bond motifs is 1. The van der Waals surface area contributed by atoms with Gasteiger partial charge in [-0.25, -0.2) is 13.8 Å². The van der Waals surface area contributed by atoms with Crippen LogP contribution >= 0.6 is 0 Å². The number of nitrogens with one attached hydrogen (secondary N) is 4. The van der Waals surface area contributed by atoms with Gasteiger partial charge in [0.2, 0.25) is 11.9 Å². The molecule has 0 aliphatic carbocycles. The van der Waals surface area contributed by atoms with Gasteiger partial charge in [-0.05, 0) is 42.8 Å². The minimum absolute atomic E-state index is 0.0451. The summed E-state index contributed by atoms with van der Waals surface area (Å²) < 4.78 is 63.3. The van der Waals surface area contributed by atoms with E-state index in [0.29, 0.717) is 49.4 Å². The van der Waals surface area contributed by atoms with Crippen LogP contribution in [0.2, 0.25) is 0 Å². The van der Waals surface area contributed by atoms with Gasteiger partial charge in [0.05, 0.1) is 42.4 Å². The van der Waals surface area contributed by atoms with Crippen molar-refractivity contribution >= 4 is 81.1 Å². The average molecular weight is 1170 g/mol. The molecule has 2 aromatic heterocycles. The molecule has 28 heteroatoms. The third kappa shape index (κ3) is 19.5. The first-order chi connectivity index (χ1) is 36.3. The number of alkyl halides is 2. The van der Waals surface area contributed by atoms with Crippen molar-refractivity contribution in [2.75, 3.05) is 112 Å². The molecular weight excluding hydrogens is 1110 g/mol. The molecular formula is C48H62F3InN12O12. The number of likely N-dealkylation sites (tertiary alicyclic amines) is 1. The molecule has 2 atom stereocenters. The second kappa shape index (κ2) is 29.6. The molecule has 4 heterocycles. The normalized spacial score (nSPS) is 16.7. The molecule has 3 aromatic rings. The first-order valence-corrected chi connectivity index (χ1v) is 28.5. The van der Waals surface area contributed by atoms with Crippen LogP contribution in [0.4, 0.5) is 13.2 Å². The monoisotopic (exact) mass is 1170 g/mol. The van der Waals surface area contributed by atoms with Crippen LogP contribution in [0.1, 0.15) is 53.8 Å². The summed E-state index contributed by atoms with van der Waals surface area (Å²) in [6, 6.07) is 7.72. The predicted octanol–water partition coefficient (Wildman–Crippen LogP) is -0.416. The van der Waals surface area contributed by atoms with Gasteiger partial charge in [-0.3, -0.25) is 24.2 Å². The standard InChI is InChI=1S/C43H54F3N11O10.C5H11NO2.In/c1-3-55(16-17-56(26-39(62)63)15-14-54(2)25-38(60)61)24-36(58)53-34(10-13-50-40(64)28-5-8-35(44)51-22-28)42(66)49-11-4-18-67-30-6-7-33-32(19-30)31(9-12-48-33)41(65)52-23-37(59)57-27-43(45,46)20-29(57)21-47;1-3-6(2)4-5(7)8;/h5-9,12,19,22,29,34H,3-4,10-11,13-18,20,23-27H2,1-2H3,(H,49,66)(H,50,64)(H,52,65)(H,53,58)(H,60,61)(H,62,63);3-4H2,1-2H3,(H,7,8);/q;;+3/p-3/t29-,34-;;/m0../s1. The van der Waals surface area contributed by atoms with E-state index >= 15 is 0 Å². The van der Waals surface area contributed by atoms with E-state index in [2.05, 4.69) is 31.2 Å². The zero-order valence-corrected chi connectivity index (χ0v) is 46.0. The van der Waals surface area contributed by atoms with Crippen LogP contribution in [0.3, 0.4) is 0 Å². The summed E-state index contributed by atoms with van der Waals surface area (Å²) in [5.74, 6) is -8.92. The van der Waals surface area contributed by atoms with Gasteiger partial charge in [0.15, 0.2) is 0 Å². The van der Waals surface area contributed by atoms with Crippen LogP contribution in [0.25, 0.3) is 10.9 Å². The molecule has 24 nitrogen and oxygen atoms in total. The number of carbonyl (C=O) groups is 8. The van der Waals surface area contributed by atoms with Gasteiger partial charge >= 0.3 is 211 Å². The summed E-state index contributed by atoms with van der Waals surface area (Å²) >= 11 is -4.40. The fourth-order valence-corrected chi connectivity index (χ4v) is 10.6. The van der Waals surface area contributed by atoms with Crippen LogP contribution in [0, 0.1) is 17.3 Å². The Balaban J connectivity index is 1.15. The quantitative estimate of drug-likeness (QED) is 0.0655. The third-order valence-electron chi connectivity index (χ3n) is 12.1. The van der Waals surface area contributed by atoms with Crippen LogP contribution in [0.15, 0.2) is 48.8 Å². The number of rotatable bonds is 24. The molecule has 5 rings (SSSR count). The Morgan fingerprint density at radius 3 is 2.43 bits per heavy atom. The van der Waals surface area contributed by atoms with Gasteiger partial charge in [-0.1, -0.05) is 0 Å². The first kappa shape index (κ1) is 60.2. The van der Waals surface area contributed by atoms with E-state index in [-0.39, 0.29) is 76.4 Å². The number of aromatic nitrogens is 2. The Labute approximate surface area is 446 Å². The number of ether oxygens (including phenoxy) is 1. The summed E-state index contributed by atoms with van der Waals surface area (Å²) in [5, 5.41) is 20.2. The maximum absolute atomic E-state index is 13.9. The number of halogens is 3. The number of likely N-dealkylation sites (N-methyl/N-ethyl adjacent to an activating group) is 3. The molecule has 2 aliphatic heterocycles. The summed E-state index contributed by atoms with van der Waals surface area (Å²) in [4.78, 5) is 120. The summed E-state index contributed by atoms with van der Waals surface area (Å²) in [5.41, 5.74) is 0.617. The van der Waals surface area contributed by atoms with E-state index in [9.17, 15) is 56.8 Å². The van der Waals surface area contributed by atoms with Crippen molar-refractivity contribution in [2.24, 2.45) is 0 Å². The summed E-state index contributed by atoms with van der Waals surface area (Å²) in [7, 11) is 3.40. The number of nitriles is 1. The molecule has 410 valence electrons. The fraction of sp³-hybridized carbons (Fsp3) is 0.521. The molecule has 4 N–H and O–H groups in total. The van der Waals surface area contributed by atoms with Crippen molar-refractivity contribution < 1.29 is 64.8 Å². The fourth-order valence-electron chi connectivity index (χ4n) is 7.75. The van der Waals surface area contributed by atoms with E-state index in [1.54, 1.807) is 58.0 Å². The second-order valence-corrected chi connectivity index (χ2v) is 21.6. The average Bonchev–Trinajstić information content (AvgIpc) is 3.70. The summed E-state index contributed by atoms with van der Waals surface area (Å²) in [6.07, 6.45) is 1.89. The summed E-state index contributed by atoms with van der Waals surface area (Å²) in [6.45, 7) is 3.86. The van der Waals surface area contributed by atoms with Gasteiger partial charge in [0, 0.05) is 37.3 Å². The predicted molar refractivity (Wildman–Crippen MR) is 264 cm³/mol. The molecule has 0 radical (unpaired) electrons. The van der Waals surface area contributed by atoms with E-state index in [1.165, 1.54) is 18.3 Å². The van der Waals surface area contributed by atoms with Crippen LogP contribution in [-0.4, -0.2) is 235 Å². The van der Waals surface area contributed by atoms with Gasteiger partial charge in [-0.15, -0.1) is 0 Å². The van der Waals surface area contributed by atoms with Crippen LogP contribution < -0.4 is 26.0 Å². The van der Waals surface area contributed by atoms with E-state index in [4.69, 9.17) is 13.3 Å². The minimum atomic E-state index is -4.40. The van der Waals surface area contributed by atoms with E-state index in [1.807, 2.05) is 13.8 Å². The number of hydrogen-bond acceptors (Lipinski definition) is 19. The number of hydrogen-bond donors (Lipinski definition) is 4. The molecule has 0 bridgehead atoms. The van der Waals surface area contributed by atoms with Crippen molar-refractivity contribution in [1.82, 2.24) is 55.7 Å². The number of carbonyl (C=O) groups excluding carboxylic acids is 8. The number of benzene rings is 1. The zero-order valence-electron chi connectivity index (χ0n) is 42.7. The van der Waals surface area contributed by atoms with Crippen molar-refractivity contribution in [3.63, 3.8) is 0 Å². The van der Waals surface area contributed by atoms with Gasteiger partial charge in [-0.2, -0.15) is 9.65 Å². The Morgan fingerprint density at radius 1 is 0.961 bits per heavy atom. The molecule has 2 fully saturated rings. The maximum atomic E-state index is 13.9. The second-order valence-electron chi connectivity index (χ2n) is 17.9. The number of pyridine rings is 2. The number of amides is 5. The molecule has 5 amide bonds. The van der Waals surface area contributed by atoms with Crippen molar-refractivity contribution in [3.05, 3.63) is 65.9 Å². The Hall–Kier alpha value is -6.67. The van der Waals surface area contributed by atoms with E-state index < -0.39 is 114 Å². The SMILES string of the molecule is CCN(C)CC(=O)[O][In]1[O]C(=O)CN(C)CCN(CCN(CC)CC(=O)N[C@@H](CCNC(=O)c2ccc(F)nc2)C(=O)NCCCOc2ccc3nccc(C(=O)NCC(=O)N4CC(F)(F)C[C@H]4C#N)c3c2)CC(=O)[O]1. The van der Waals surface area contributed by atoms with Crippen molar-refractivity contribution in [2.45, 2.75) is 51.1 Å². The van der Waals surface area contributed by atoms with Gasteiger partial charge in [0.1, 0.15) is 11.8 Å². The molecule has 76 heavy (non-hydrogen) atoms. The zero-order chi connectivity index (χ0) is 55.4. The Bertz CT molecular complexity index is 2580. The molecule has 2 saturated heterocycles. The first-order valence-electron chi connectivity index (χ1n) is 24.5. The Morgan fingerprint density at radius 2 is 1.72 bits per heavy atom. The topological polar surface area (TPSA) is 287 Å². The third-order valence-corrected chi connectivity index (χ3v) is 16.0. The van der Waals surface area contributed by atoms with E-state index in [0.717, 1.165) is 17.2 Å². The molecule has 0 unspecified atom stereocenters. The van der Waals surface area contributed by atoms with Crippen LogP contribution in [0.5, 0.6) is 5.75 Å². The Kier molecular flexibility index (Phi) is 23.4. The van der Waals surface area contributed by atoms with Gasteiger partial charge < -0.3 is 25.6 Å². The number of nitrogens with zero attached hydrogens (tertiary/aromatic N) is 8. The van der Waals surface area contributed by atoms with Gasteiger partial charge in [0.25, 0.3) is 17.7 Å².